The lowest BCUT2D eigenvalue weighted by atomic mass is 9.96. The van der Waals surface area contributed by atoms with Gasteiger partial charge in [-0.3, -0.25) is 30.3 Å². The van der Waals surface area contributed by atoms with Crippen molar-refractivity contribution in [3.8, 4) is 11.5 Å². The predicted octanol–water partition coefficient (Wildman–Crippen LogP) is -0.563. The largest absolute Gasteiger partial charge is 0.493 e. The van der Waals surface area contributed by atoms with Gasteiger partial charge in [-0.15, -0.1) is 0 Å². The number of hydrogen-bond donors (Lipinski definition) is 4. The van der Waals surface area contributed by atoms with Crippen LogP contribution in [0.3, 0.4) is 0 Å². The Morgan fingerprint density at radius 3 is 2.03 bits per heavy atom. The highest BCUT2D eigenvalue weighted by molar-refractivity contribution is 6.21. The SMILES string of the molecule is COc1ccoc1C1(O)C(=O)NC(=O)NC1=O.COc1ccoc1C1OC(=O)NC1=O. The number of cyclic esters (lactones) is 1. The van der Waals surface area contributed by atoms with Crippen LogP contribution in [0.5, 0.6) is 11.5 Å². The van der Waals surface area contributed by atoms with Crippen molar-refractivity contribution in [2.75, 3.05) is 14.2 Å². The van der Waals surface area contributed by atoms with Crippen molar-refractivity contribution in [1.82, 2.24) is 16.0 Å². The maximum atomic E-state index is 11.5. The van der Waals surface area contributed by atoms with Gasteiger partial charge in [-0.2, -0.15) is 0 Å². The fraction of sp³-hybridized carbons (Fsp3) is 0.235. The number of carbonyl (C=O) groups is 5. The second-order valence-electron chi connectivity index (χ2n) is 5.89. The van der Waals surface area contributed by atoms with Crippen LogP contribution in [0.1, 0.15) is 17.6 Å². The molecule has 4 rings (SSSR count). The summed E-state index contributed by atoms with van der Waals surface area (Å²) >= 11 is 0. The van der Waals surface area contributed by atoms with E-state index < -0.39 is 41.6 Å². The van der Waals surface area contributed by atoms with E-state index in [2.05, 4.69) is 4.74 Å². The Balaban J connectivity index is 0.000000179. The first-order valence-electron chi connectivity index (χ1n) is 8.36. The molecule has 14 nitrogen and oxygen atoms in total. The van der Waals surface area contributed by atoms with E-state index in [0.29, 0.717) is 5.75 Å². The van der Waals surface area contributed by atoms with Crippen LogP contribution in [0.4, 0.5) is 9.59 Å². The molecule has 2 fully saturated rings. The molecule has 4 N–H and O–H groups in total. The molecule has 1 unspecified atom stereocenters. The van der Waals surface area contributed by atoms with E-state index in [1.54, 1.807) is 10.6 Å². The van der Waals surface area contributed by atoms with Gasteiger partial charge in [0.2, 0.25) is 6.10 Å². The van der Waals surface area contributed by atoms with Crippen LogP contribution < -0.4 is 25.4 Å². The molecular weight excluding hydrogens is 422 g/mol. The number of imide groups is 3. The normalized spacial score (nSPS) is 19.5. The van der Waals surface area contributed by atoms with Gasteiger partial charge in [0.25, 0.3) is 23.3 Å². The van der Waals surface area contributed by atoms with Crippen molar-refractivity contribution in [3.05, 3.63) is 36.2 Å². The summed E-state index contributed by atoms with van der Waals surface area (Å²) in [5.74, 6) is -2.74. The topological polar surface area (TPSA) is 196 Å². The summed E-state index contributed by atoms with van der Waals surface area (Å²) in [6, 6.07) is 1.86. The molecule has 6 amide bonds. The summed E-state index contributed by atoms with van der Waals surface area (Å²) < 4.78 is 24.3. The first kappa shape index (κ1) is 21.4. The van der Waals surface area contributed by atoms with Crippen molar-refractivity contribution in [3.63, 3.8) is 0 Å². The fourth-order valence-corrected chi connectivity index (χ4v) is 2.65. The lowest BCUT2D eigenvalue weighted by molar-refractivity contribution is -0.157. The maximum Gasteiger partial charge on any atom is 0.415 e. The molecule has 2 aromatic rings. The van der Waals surface area contributed by atoms with E-state index in [9.17, 15) is 29.1 Å². The highest BCUT2D eigenvalue weighted by atomic mass is 16.6. The van der Waals surface area contributed by atoms with Gasteiger partial charge in [0, 0.05) is 12.1 Å². The Morgan fingerprint density at radius 2 is 1.48 bits per heavy atom. The number of urea groups is 1. The minimum Gasteiger partial charge on any atom is -0.493 e. The molecule has 164 valence electrons. The minimum atomic E-state index is -2.62. The molecular formula is C17H15N3O11. The third-order valence-corrected chi connectivity index (χ3v) is 4.09. The lowest BCUT2D eigenvalue weighted by Gasteiger charge is -2.27. The highest BCUT2D eigenvalue weighted by Crippen LogP contribution is 2.33. The number of nitrogens with one attached hydrogen (secondary N) is 3. The van der Waals surface area contributed by atoms with Gasteiger partial charge in [-0.25, -0.2) is 9.59 Å². The van der Waals surface area contributed by atoms with Crippen molar-refractivity contribution < 1.29 is 52.1 Å². The molecule has 31 heavy (non-hydrogen) atoms. The summed E-state index contributed by atoms with van der Waals surface area (Å²) in [7, 11) is 2.71. The number of alkyl carbamates (subject to hydrolysis) is 1. The quantitative estimate of drug-likeness (QED) is 0.447. The summed E-state index contributed by atoms with van der Waals surface area (Å²) in [4.78, 5) is 55.8. The van der Waals surface area contributed by atoms with Gasteiger partial charge >= 0.3 is 12.1 Å². The first-order valence-corrected chi connectivity index (χ1v) is 8.36. The zero-order valence-corrected chi connectivity index (χ0v) is 15.9. The van der Waals surface area contributed by atoms with Crippen LogP contribution in [0.2, 0.25) is 0 Å². The van der Waals surface area contributed by atoms with E-state index in [1.165, 1.54) is 32.6 Å². The molecule has 0 saturated carbocycles. The smallest absolute Gasteiger partial charge is 0.415 e. The molecule has 2 saturated heterocycles. The average Bonchev–Trinajstić information content (AvgIpc) is 3.45. The molecule has 0 aliphatic carbocycles. The zero-order valence-electron chi connectivity index (χ0n) is 15.9. The van der Waals surface area contributed by atoms with Crippen LogP contribution in [0.15, 0.2) is 33.5 Å². The Hall–Kier alpha value is -4.33. The van der Waals surface area contributed by atoms with Crippen LogP contribution in [0.25, 0.3) is 0 Å². The van der Waals surface area contributed by atoms with Gasteiger partial charge in [0.15, 0.2) is 23.0 Å². The lowest BCUT2D eigenvalue weighted by Crippen LogP contribution is -2.64. The summed E-state index contributed by atoms with van der Waals surface area (Å²) in [6.07, 6.45) is 0.669. The molecule has 0 spiro atoms. The van der Waals surface area contributed by atoms with E-state index in [1.807, 2.05) is 5.32 Å². The van der Waals surface area contributed by atoms with Crippen LogP contribution >= 0.6 is 0 Å². The number of carbonyl (C=O) groups excluding carboxylic acids is 5. The highest BCUT2D eigenvalue weighted by Gasteiger charge is 2.54. The Morgan fingerprint density at radius 1 is 0.903 bits per heavy atom. The third kappa shape index (κ3) is 3.78. The Bertz CT molecular complexity index is 1030. The van der Waals surface area contributed by atoms with E-state index in [4.69, 9.17) is 18.3 Å². The van der Waals surface area contributed by atoms with Crippen LogP contribution in [-0.2, 0) is 24.7 Å². The van der Waals surface area contributed by atoms with Gasteiger partial charge in [0.05, 0.1) is 26.7 Å². The van der Waals surface area contributed by atoms with Crippen LogP contribution in [-0.4, -0.2) is 49.2 Å². The predicted molar refractivity (Wildman–Crippen MR) is 93.5 cm³/mol. The number of aliphatic hydroxyl groups is 1. The molecule has 0 aromatic carbocycles. The van der Waals surface area contributed by atoms with Crippen LogP contribution in [0, 0.1) is 0 Å². The number of methoxy groups -OCH3 is 2. The molecule has 14 heteroatoms. The van der Waals surface area contributed by atoms with Gasteiger partial charge in [0.1, 0.15) is 0 Å². The second kappa shape index (κ2) is 8.19. The summed E-state index contributed by atoms with van der Waals surface area (Å²) in [5, 5.41) is 15.6. The summed E-state index contributed by atoms with van der Waals surface area (Å²) in [5.41, 5.74) is -2.62. The monoisotopic (exact) mass is 437 g/mol. The van der Waals surface area contributed by atoms with E-state index in [0.717, 1.165) is 6.26 Å². The molecule has 0 bridgehead atoms. The van der Waals surface area contributed by atoms with Gasteiger partial charge in [-0.1, -0.05) is 0 Å². The Kier molecular flexibility index (Phi) is 5.65. The Labute approximate surface area is 172 Å². The number of rotatable bonds is 4. The third-order valence-electron chi connectivity index (χ3n) is 4.09. The standard InChI is InChI=1S/C9H8N2O6.C8H7NO5/c1-16-4-2-3-17-5(4)9(15)6(12)10-8(14)11-7(9)13;1-12-4-2-3-13-5(4)6-7(10)9-8(11)14-6/h2-3,15H,1H3,(H2,10,11,12,13,14);2-3,6H,1H3,(H,9,10,11). The molecule has 2 aliphatic rings. The molecule has 1 atom stereocenters. The van der Waals surface area contributed by atoms with Gasteiger partial charge < -0.3 is 28.2 Å². The van der Waals surface area contributed by atoms with E-state index in [-0.39, 0.29) is 17.3 Å². The number of hydrogen-bond acceptors (Lipinski definition) is 11. The number of furan rings is 2. The summed E-state index contributed by atoms with van der Waals surface area (Å²) in [6.45, 7) is 0. The first-order chi connectivity index (χ1) is 14.7. The molecule has 4 heterocycles. The van der Waals surface area contributed by atoms with E-state index >= 15 is 0 Å². The average molecular weight is 437 g/mol. The van der Waals surface area contributed by atoms with Gasteiger partial charge in [-0.05, 0) is 0 Å². The molecule has 0 radical (unpaired) electrons. The maximum absolute atomic E-state index is 11.5. The fourth-order valence-electron chi connectivity index (χ4n) is 2.65. The zero-order chi connectivity index (χ0) is 22.8. The van der Waals surface area contributed by atoms with Crippen molar-refractivity contribution in [1.29, 1.82) is 0 Å². The van der Waals surface area contributed by atoms with Crippen molar-refractivity contribution >= 4 is 29.8 Å². The molecule has 2 aromatic heterocycles. The molecule has 2 aliphatic heterocycles. The van der Waals surface area contributed by atoms with Crippen molar-refractivity contribution in [2.24, 2.45) is 0 Å². The minimum absolute atomic E-state index is 0.0205. The second-order valence-corrected chi connectivity index (χ2v) is 5.89. The number of amides is 6. The van der Waals surface area contributed by atoms with Crippen molar-refractivity contribution in [2.45, 2.75) is 11.7 Å². The number of ether oxygens (including phenoxy) is 3. The number of barbiturate groups is 1.